The van der Waals surface area contributed by atoms with Gasteiger partial charge in [0.15, 0.2) is 0 Å². The van der Waals surface area contributed by atoms with E-state index in [1.807, 2.05) is 72.8 Å². The van der Waals surface area contributed by atoms with Gasteiger partial charge in [0.1, 0.15) is 6.10 Å². The van der Waals surface area contributed by atoms with Gasteiger partial charge in [-0.05, 0) is 35.9 Å². The zero-order chi connectivity index (χ0) is 20.6. The van der Waals surface area contributed by atoms with E-state index in [1.165, 1.54) is 0 Å². The van der Waals surface area contributed by atoms with Crippen LogP contribution in [0.3, 0.4) is 0 Å². The molecule has 0 unspecified atom stereocenters. The molecule has 2 heterocycles. The largest absolute Gasteiger partial charge is 0.364 e. The van der Waals surface area contributed by atoms with Gasteiger partial charge in [0, 0.05) is 47.2 Å². The highest BCUT2D eigenvalue weighted by Crippen LogP contribution is 2.27. The molecule has 0 radical (unpaired) electrons. The van der Waals surface area contributed by atoms with E-state index >= 15 is 0 Å². The Kier molecular flexibility index (Phi) is 6.22. The molecule has 148 valence electrons. The van der Waals surface area contributed by atoms with Gasteiger partial charge in [0.05, 0.1) is 6.61 Å². The van der Waals surface area contributed by atoms with Crippen LogP contribution in [0.2, 0.25) is 0 Å². The van der Waals surface area contributed by atoms with Crippen LogP contribution in [0.25, 0.3) is 0 Å². The number of para-hydroxylation sites is 1. The summed E-state index contributed by atoms with van der Waals surface area (Å²) in [6.07, 6.45) is 6.69. The highest BCUT2D eigenvalue weighted by Gasteiger charge is 2.18. The molecule has 1 amide bonds. The summed E-state index contributed by atoms with van der Waals surface area (Å²) in [5.41, 5.74) is 4.00. The van der Waals surface area contributed by atoms with Crippen LogP contribution in [0.4, 0.5) is 5.69 Å². The Hall–Kier alpha value is -3.83. The van der Waals surface area contributed by atoms with E-state index in [9.17, 15) is 4.79 Å². The molecule has 4 aromatic rings. The van der Waals surface area contributed by atoms with E-state index in [4.69, 9.17) is 4.74 Å². The van der Waals surface area contributed by atoms with Gasteiger partial charge in [-0.1, -0.05) is 48.5 Å². The second-order valence-corrected chi connectivity index (χ2v) is 6.74. The van der Waals surface area contributed by atoms with E-state index in [-0.39, 0.29) is 18.6 Å². The van der Waals surface area contributed by atoms with Gasteiger partial charge in [-0.3, -0.25) is 14.8 Å². The minimum absolute atomic E-state index is 0.167. The average molecular weight is 395 g/mol. The van der Waals surface area contributed by atoms with Crippen LogP contribution in [-0.2, 0) is 11.3 Å². The zero-order valence-corrected chi connectivity index (χ0v) is 16.3. The highest BCUT2D eigenvalue weighted by atomic mass is 16.5. The van der Waals surface area contributed by atoms with Crippen molar-refractivity contribution in [2.45, 2.75) is 12.7 Å². The Balaban J connectivity index is 1.55. The smallest absolute Gasteiger partial charge is 0.256 e. The predicted octanol–water partition coefficient (Wildman–Crippen LogP) is 5.04. The molecule has 0 aliphatic heterocycles. The molecule has 30 heavy (non-hydrogen) atoms. The van der Waals surface area contributed by atoms with Crippen molar-refractivity contribution in [3.8, 4) is 0 Å². The summed E-state index contributed by atoms with van der Waals surface area (Å²) in [6, 6.07) is 24.6. The fourth-order valence-electron chi connectivity index (χ4n) is 3.21. The third kappa shape index (κ3) is 4.77. The lowest BCUT2D eigenvalue weighted by molar-refractivity contribution is 0.0654. The standard InChI is InChI=1S/C25H21N3O2/c29-25(28-22-11-2-1-3-12-22)23-13-5-4-8-21(23)18-30-24(19-9-6-14-26-16-19)20-10-7-15-27-17-20/h1-17,24H,18H2,(H,28,29). The van der Waals surface area contributed by atoms with Crippen molar-refractivity contribution >= 4 is 11.6 Å². The first-order valence-electron chi connectivity index (χ1n) is 9.67. The Bertz CT molecular complexity index is 1050. The number of anilines is 1. The molecule has 0 saturated carbocycles. The summed E-state index contributed by atoms with van der Waals surface area (Å²) in [5, 5.41) is 2.94. The van der Waals surface area contributed by atoms with Crippen molar-refractivity contribution in [3.05, 3.63) is 126 Å². The summed E-state index contributed by atoms with van der Waals surface area (Å²) in [5.74, 6) is -0.167. The predicted molar refractivity (Wildman–Crippen MR) is 116 cm³/mol. The van der Waals surface area contributed by atoms with Crippen LogP contribution in [0.5, 0.6) is 0 Å². The first-order chi connectivity index (χ1) is 14.8. The molecule has 2 aromatic carbocycles. The third-order valence-electron chi connectivity index (χ3n) is 4.67. The molecule has 0 aliphatic carbocycles. The van der Waals surface area contributed by atoms with E-state index in [0.717, 1.165) is 22.4 Å². The van der Waals surface area contributed by atoms with Crippen molar-refractivity contribution in [1.82, 2.24) is 9.97 Å². The summed E-state index contributed by atoms with van der Waals surface area (Å²) >= 11 is 0. The number of carbonyl (C=O) groups excluding carboxylic acids is 1. The number of carbonyl (C=O) groups is 1. The maximum Gasteiger partial charge on any atom is 0.256 e. The Labute approximate surface area is 175 Å². The molecule has 0 atom stereocenters. The number of aromatic nitrogens is 2. The number of hydrogen-bond acceptors (Lipinski definition) is 4. The van der Waals surface area contributed by atoms with Crippen molar-refractivity contribution in [1.29, 1.82) is 0 Å². The molecule has 1 N–H and O–H groups in total. The van der Waals surface area contributed by atoms with Crippen LogP contribution >= 0.6 is 0 Å². The fourth-order valence-corrected chi connectivity index (χ4v) is 3.21. The van der Waals surface area contributed by atoms with Gasteiger partial charge in [-0.15, -0.1) is 0 Å². The fraction of sp³-hybridized carbons (Fsp3) is 0.0800. The first-order valence-corrected chi connectivity index (χ1v) is 9.67. The van der Waals surface area contributed by atoms with Gasteiger partial charge in [-0.25, -0.2) is 0 Å². The maximum atomic E-state index is 12.8. The minimum Gasteiger partial charge on any atom is -0.364 e. The van der Waals surface area contributed by atoms with Gasteiger partial charge < -0.3 is 10.1 Å². The summed E-state index contributed by atoms with van der Waals surface area (Å²) < 4.78 is 6.28. The van der Waals surface area contributed by atoms with Gasteiger partial charge >= 0.3 is 0 Å². The van der Waals surface area contributed by atoms with Crippen molar-refractivity contribution in [2.75, 3.05) is 5.32 Å². The molecular formula is C25H21N3O2. The lowest BCUT2D eigenvalue weighted by Crippen LogP contribution is -2.15. The number of nitrogens with one attached hydrogen (secondary N) is 1. The topological polar surface area (TPSA) is 64.1 Å². The van der Waals surface area contributed by atoms with Crippen molar-refractivity contribution in [3.63, 3.8) is 0 Å². The molecule has 0 bridgehead atoms. The number of rotatable bonds is 7. The van der Waals surface area contributed by atoms with Crippen molar-refractivity contribution < 1.29 is 9.53 Å². The van der Waals surface area contributed by atoms with Gasteiger partial charge in [0.25, 0.3) is 5.91 Å². The number of pyridine rings is 2. The quantitative estimate of drug-likeness (QED) is 0.476. The van der Waals surface area contributed by atoms with Crippen LogP contribution in [0.15, 0.2) is 104 Å². The lowest BCUT2D eigenvalue weighted by atomic mass is 10.0. The number of nitrogens with zero attached hydrogens (tertiary/aromatic N) is 2. The van der Waals surface area contributed by atoms with Crippen molar-refractivity contribution in [2.24, 2.45) is 0 Å². The SMILES string of the molecule is O=C(Nc1ccccc1)c1ccccc1COC(c1cccnc1)c1cccnc1. The lowest BCUT2D eigenvalue weighted by Gasteiger charge is -2.19. The van der Waals surface area contributed by atoms with E-state index in [0.29, 0.717) is 5.56 Å². The number of ether oxygens (including phenoxy) is 1. The minimum atomic E-state index is -0.336. The molecule has 0 saturated heterocycles. The second-order valence-electron chi connectivity index (χ2n) is 6.74. The van der Waals surface area contributed by atoms with E-state index in [1.54, 1.807) is 30.9 Å². The maximum absolute atomic E-state index is 12.8. The first kappa shape index (κ1) is 19.5. The van der Waals surface area contributed by atoms with E-state index in [2.05, 4.69) is 15.3 Å². The molecule has 0 fully saturated rings. The van der Waals surface area contributed by atoms with Crippen LogP contribution in [-0.4, -0.2) is 15.9 Å². The number of amides is 1. The summed E-state index contributed by atoms with van der Waals surface area (Å²) in [4.78, 5) is 21.3. The normalized spacial score (nSPS) is 10.7. The summed E-state index contributed by atoms with van der Waals surface area (Å²) in [7, 11) is 0. The van der Waals surface area contributed by atoms with Crippen LogP contribution in [0.1, 0.15) is 33.2 Å². The monoisotopic (exact) mass is 395 g/mol. The Morgan fingerprint density at radius 2 is 1.43 bits per heavy atom. The Morgan fingerprint density at radius 3 is 2.07 bits per heavy atom. The molecule has 2 aromatic heterocycles. The zero-order valence-electron chi connectivity index (χ0n) is 16.3. The molecule has 0 spiro atoms. The van der Waals surface area contributed by atoms with E-state index < -0.39 is 0 Å². The Morgan fingerprint density at radius 1 is 0.800 bits per heavy atom. The highest BCUT2D eigenvalue weighted by molar-refractivity contribution is 6.05. The van der Waals surface area contributed by atoms with Gasteiger partial charge in [0.2, 0.25) is 0 Å². The molecule has 5 nitrogen and oxygen atoms in total. The second kappa shape index (κ2) is 9.58. The molecular weight excluding hydrogens is 374 g/mol. The summed E-state index contributed by atoms with van der Waals surface area (Å²) in [6.45, 7) is 0.271. The number of benzene rings is 2. The average Bonchev–Trinajstić information content (AvgIpc) is 2.81. The number of hydrogen-bond donors (Lipinski definition) is 1. The molecule has 5 heteroatoms. The van der Waals surface area contributed by atoms with Crippen LogP contribution < -0.4 is 5.32 Å². The third-order valence-corrected chi connectivity index (χ3v) is 4.67. The van der Waals surface area contributed by atoms with Gasteiger partial charge in [-0.2, -0.15) is 0 Å². The molecule has 4 rings (SSSR count). The molecule has 0 aliphatic rings. The van der Waals surface area contributed by atoms with Crippen LogP contribution in [0, 0.1) is 0 Å².